The molecule has 1 heterocycles. The quantitative estimate of drug-likeness (QED) is 0.572. The molecule has 5 nitrogen and oxygen atoms in total. The molecule has 0 saturated carbocycles. The Morgan fingerprint density at radius 1 is 1.22 bits per heavy atom. The van der Waals surface area contributed by atoms with E-state index < -0.39 is 15.6 Å². The Hall–Kier alpha value is -0.800. The largest absolute Gasteiger partial charge is 0.534 e. The van der Waals surface area contributed by atoms with Crippen molar-refractivity contribution >= 4 is 10.1 Å². The van der Waals surface area contributed by atoms with Crippen molar-refractivity contribution in [1.82, 2.24) is 9.80 Å². The molecular weight excluding hydrogens is 333 g/mol. The van der Waals surface area contributed by atoms with E-state index >= 15 is 0 Å². The highest BCUT2D eigenvalue weighted by atomic mass is 32.2. The number of halogens is 3. The lowest BCUT2D eigenvalue weighted by atomic mass is 9.98. The molecule has 2 aliphatic rings. The molecule has 0 N–H and O–H groups in total. The maximum Gasteiger partial charge on any atom is 0.534 e. The predicted octanol–water partition coefficient (Wildman–Crippen LogP) is 2.32. The van der Waals surface area contributed by atoms with Gasteiger partial charge in [0.25, 0.3) is 0 Å². The van der Waals surface area contributed by atoms with Crippen LogP contribution in [0.4, 0.5) is 13.2 Å². The Morgan fingerprint density at radius 2 is 1.83 bits per heavy atom. The molecule has 1 saturated heterocycles. The normalized spacial score (nSPS) is 25.5. The molecule has 1 aliphatic carbocycles. The second-order valence-corrected chi connectivity index (χ2v) is 7.79. The number of allylic oxidation sites excluding steroid dienone is 1. The Morgan fingerprint density at radius 3 is 2.26 bits per heavy atom. The SMILES string of the molecule is CC(C)N1CCN(C2CC=C(OS(=O)(=O)C(F)(F)F)CC2)CC1. The summed E-state index contributed by atoms with van der Waals surface area (Å²) >= 11 is 0. The zero-order valence-corrected chi connectivity index (χ0v) is 14.2. The molecule has 9 heteroatoms. The molecule has 1 atom stereocenters. The summed E-state index contributed by atoms with van der Waals surface area (Å²) in [7, 11) is -5.55. The second kappa shape index (κ2) is 6.98. The Balaban J connectivity index is 1.87. The zero-order chi connectivity index (χ0) is 17.3. The Kier molecular flexibility index (Phi) is 5.63. The zero-order valence-electron chi connectivity index (χ0n) is 13.3. The maximum absolute atomic E-state index is 12.3. The molecule has 23 heavy (non-hydrogen) atoms. The third kappa shape index (κ3) is 4.60. The van der Waals surface area contributed by atoms with E-state index in [4.69, 9.17) is 0 Å². The van der Waals surface area contributed by atoms with Crippen LogP contribution in [-0.4, -0.2) is 62.0 Å². The molecule has 1 unspecified atom stereocenters. The van der Waals surface area contributed by atoms with Crippen molar-refractivity contribution in [1.29, 1.82) is 0 Å². The molecule has 0 aromatic carbocycles. The molecule has 0 amide bonds. The first-order chi connectivity index (χ1) is 10.6. The Labute approximate surface area is 135 Å². The van der Waals surface area contributed by atoms with Crippen molar-refractivity contribution in [3.05, 3.63) is 11.8 Å². The molecule has 1 aliphatic heterocycles. The maximum atomic E-state index is 12.3. The first kappa shape index (κ1) is 18.5. The fraction of sp³-hybridized carbons (Fsp3) is 0.857. The first-order valence-electron chi connectivity index (χ1n) is 7.78. The number of hydrogen-bond acceptors (Lipinski definition) is 5. The van der Waals surface area contributed by atoms with E-state index in [2.05, 4.69) is 27.8 Å². The van der Waals surface area contributed by atoms with Gasteiger partial charge in [-0.25, -0.2) is 0 Å². The van der Waals surface area contributed by atoms with Crippen LogP contribution in [0.15, 0.2) is 11.8 Å². The van der Waals surface area contributed by atoms with E-state index in [0.717, 1.165) is 26.2 Å². The van der Waals surface area contributed by atoms with Crippen molar-refractivity contribution in [3.8, 4) is 0 Å². The van der Waals surface area contributed by atoms with E-state index in [1.54, 1.807) is 0 Å². The van der Waals surface area contributed by atoms with Crippen LogP contribution in [0.2, 0.25) is 0 Å². The van der Waals surface area contributed by atoms with Crippen LogP contribution >= 0.6 is 0 Å². The van der Waals surface area contributed by atoms with Gasteiger partial charge >= 0.3 is 15.6 Å². The van der Waals surface area contributed by atoms with Crippen molar-refractivity contribution in [2.75, 3.05) is 26.2 Å². The minimum Gasteiger partial charge on any atom is -0.381 e. The molecule has 0 aromatic rings. The average molecular weight is 356 g/mol. The van der Waals surface area contributed by atoms with Gasteiger partial charge in [-0.15, -0.1) is 0 Å². The number of piperazine rings is 1. The van der Waals surface area contributed by atoms with Crippen LogP contribution in [0.1, 0.15) is 33.1 Å². The van der Waals surface area contributed by atoms with Gasteiger partial charge in [0.15, 0.2) is 0 Å². The minimum absolute atomic E-state index is 0.0978. The highest BCUT2D eigenvalue weighted by molar-refractivity contribution is 7.87. The predicted molar refractivity (Wildman–Crippen MR) is 80.1 cm³/mol. The molecule has 0 aromatic heterocycles. The van der Waals surface area contributed by atoms with Crippen molar-refractivity contribution in [2.45, 2.75) is 50.7 Å². The summed E-state index contributed by atoms with van der Waals surface area (Å²) in [6.07, 6.45) is 2.82. The van der Waals surface area contributed by atoms with Crippen LogP contribution in [0.25, 0.3) is 0 Å². The summed E-state index contributed by atoms with van der Waals surface area (Å²) in [4.78, 5) is 4.71. The van der Waals surface area contributed by atoms with Gasteiger partial charge in [0, 0.05) is 44.7 Å². The summed E-state index contributed by atoms with van der Waals surface area (Å²) in [5, 5.41) is 0. The molecule has 0 bridgehead atoms. The summed E-state index contributed by atoms with van der Waals surface area (Å²) in [6, 6.07) is 0.751. The molecule has 0 radical (unpaired) electrons. The fourth-order valence-corrected chi connectivity index (χ4v) is 3.54. The number of alkyl halides is 3. The lowest BCUT2D eigenvalue weighted by molar-refractivity contribution is -0.0525. The van der Waals surface area contributed by atoms with Gasteiger partial charge in [0.1, 0.15) is 5.76 Å². The summed E-state index contributed by atoms with van der Waals surface area (Å²) in [6.45, 7) is 8.11. The van der Waals surface area contributed by atoms with Crippen LogP contribution in [-0.2, 0) is 14.3 Å². The Bertz CT molecular complexity index is 538. The molecule has 134 valence electrons. The van der Waals surface area contributed by atoms with Gasteiger partial charge in [0.05, 0.1) is 0 Å². The van der Waals surface area contributed by atoms with Gasteiger partial charge in [-0.1, -0.05) is 0 Å². The third-order valence-electron chi connectivity index (χ3n) is 4.44. The van der Waals surface area contributed by atoms with Gasteiger partial charge in [-0.2, -0.15) is 21.6 Å². The van der Waals surface area contributed by atoms with Crippen LogP contribution in [0, 0.1) is 0 Å². The van der Waals surface area contributed by atoms with Crippen molar-refractivity contribution in [3.63, 3.8) is 0 Å². The summed E-state index contributed by atoms with van der Waals surface area (Å²) < 4.78 is 63.1. The lowest BCUT2D eigenvalue weighted by Gasteiger charge is -2.41. The molecular formula is C14H23F3N2O3S. The highest BCUT2D eigenvalue weighted by Gasteiger charge is 2.49. The molecule has 1 fully saturated rings. The average Bonchev–Trinajstić information content (AvgIpc) is 2.46. The van der Waals surface area contributed by atoms with E-state index in [0.29, 0.717) is 18.9 Å². The van der Waals surface area contributed by atoms with Crippen LogP contribution in [0.5, 0.6) is 0 Å². The standard InChI is InChI=1S/C14H23F3N2O3S/c1-11(2)18-7-9-19(10-8-18)12-3-5-13(6-4-12)22-23(20,21)14(15,16)17/h5,11-12H,3-4,6-10H2,1-2H3. The smallest absolute Gasteiger partial charge is 0.381 e. The second-order valence-electron chi connectivity index (χ2n) is 6.25. The first-order valence-corrected chi connectivity index (χ1v) is 9.19. The number of rotatable bonds is 4. The van der Waals surface area contributed by atoms with Crippen LogP contribution in [0.3, 0.4) is 0 Å². The lowest BCUT2D eigenvalue weighted by Crippen LogP contribution is -2.52. The fourth-order valence-electron chi connectivity index (χ4n) is 3.01. The van der Waals surface area contributed by atoms with Gasteiger partial charge in [0.2, 0.25) is 0 Å². The van der Waals surface area contributed by atoms with Crippen molar-refractivity contribution in [2.24, 2.45) is 0 Å². The van der Waals surface area contributed by atoms with E-state index in [-0.39, 0.29) is 18.2 Å². The van der Waals surface area contributed by atoms with Gasteiger partial charge in [-0.05, 0) is 32.8 Å². The third-order valence-corrected chi connectivity index (χ3v) is 5.44. The minimum atomic E-state index is -5.55. The summed E-state index contributed by atoms with van der Waals surface area (Å²) in [5.41, 5.74) is -5.38. The van der Waals surface area contributed by atoms with Crippen molar-refractivity contribution < 1.29 is 25.8 Å². The van der Waals surface area contributed by atoms with Crippen LogP contribution < -0.4 is 0 Å². The molecule has 0 spiro atoms. The van der Waals surface area contributed by atoms with E-state index in [9.17, 15) is 21.6 Å². The number of nitrogens with zero attached hydrogens (tertiary/aromatic N) is 2. The molecule has 2 rings (SSSR count). The topological polar surface area (TPSA) is 49.9 Å². The summed E-state index contributed by atoms with van der Waals surface area (Å²) in [5.74, 6) is -0.0978. The van der Waals surface area contributed by atoms with E-state index in [1.165, 1.54) is 6.08 Å². The highest BCUT2D eigenvalue weighted by Crippen LogP contribution is 2.31. The monoisotopic (exact) mass is 356 g/mol. The number of hydrogen-bond donors (Lipinski definition) is 0. The van der Waals surface area contributed by atoms with Gasteiger partial charge < -0.3 is 4.18 Å². The van der Waals surface area contributed by atoms with E-state index in [1.807, 2.05) is 0 Å². The van der Waals surface area contributed by atoms with Gasteiger partial charge in [-0.3, -0.25) is 9.80 Å².